The smallest absolute Gasteiger partial charge is 0.407 e. The lowest BCUT2D eigenvalue weighted by atomic mass is 10.1. The Morgan fingerprint density at radius 1 is 1.21 bits per heavy atom. The molecular weight excluding hydrogens is 310 g/mol. The zero-order valence-corrected chi connectivity index (χ0v) is 15.5. The Morgan fingerprint density at radius 2 is 1.92 bits per heavy atom. The van der Waals surface area contributed by atoms with Gasteiger partial charge in [-0.2, -0.15) is 0 Å². The normalized spacial score (nSPS) is 19.9. The van der Waals surface area contributed by atoms with Crippen molar-refractivity contribution in [2.75, 3.05) is 39.3 Å². The van der Waals surface area contributed by atoms with Crippen LogP contribution in [0.25, 0.3) is 0 Å². The summed E-state index contributed by atoms with van der Waals surface area (Å²) < 4.78 is 5.18. The average Bonchev–Trinajstić information content (AvgIpc) is 2.43. The zero-order chi connectivity index (χ0) is 18.2. The molecular formula is C17H33N3O4. The Bertz CT molecular complexity index is 409. The second-order valence-electron chi connectivity index (χ2n) is 7.50. The van der Waals surface area contributed by atoms with Crippen LogP contribution >= 0.6 is 0 Å². The Hall–Kier alpha value is -1.34. The monoisotopic (exact) mass is 343 g/mol. The van der Waals surface area contributed by atoms with Crippen LogP contribution in [0.5, 0.6) is 0 Å². The van der Waals surface area contributed by atoms with Crippen molar-refractivity contribution in [2.24, 2.45) is 0 Å². The summed E-state index contributed by atoms with van der Waals surface area (Å²) in [6.45, 7) is 12.1. The van der Waals surface area contributed by atoms with Crippen molar-refractivity contribution >= 4 is 12.1 Å². The third-order valence-corrected chi connectivity index (χ3v) is 4.01. The lowest BCUT2D eigenvalue weighted by Gasteiger charge is -2.39. The molecule has 140 valence electrons. The summed E-state index contributed by atoms with van der Waals surface area (Å²) in [5.74, 6) is -0.757. The number of alkyl carbamates (subject to hydrolysis) is 1. The fraction of sp³-hybridized carbons (Fsp3) is 0.882. The first-order valence-corrected chi connectivity index (χ1v) is 8.82. The van der Waals surface area contributed by atoms with Gasteiger partial charge in [0.05, 0.1) is 6.54 Å². The van der Waals surface area contributed by atoms with Crippen LogP contribution in [0.1, 0.15) is 47.0 Å². The molecule has 1 atom stereocenters. The van der Waals surface area contributed by atoms with Crippen LogP contribution in [0.15, 0.2) is 0 Å². The van der Waals surface area contributed by atoms with Crippen LogP contribution in [0.4, 0.5) is 4.79 Å². The van der Waals surface area contributed by atoms with Gasteiger partial charge in [-0.3, -0.25) is 9.69 Å². The molecule has 1 heterocycles. The van der Waals surface area contributed by atoms with Crippen LogP contribution in [-0.4, -0.2) is 77.9 Å². The van der Waals surface area contributed by atoms with Crippen molar-refractivity contribution in [1.29, 1.82) is 0 Å². The minimum atomic E-state index is -0.757. The maximum atomic E-state index is 11.5. The number of carbonyl (C=O) groups excluding carboxylic acids is 1. The molecule has 0 aromatic carbocycles. The molecule has 7 nitrogen and oxygen atoms in total. The predicted molar refractivity (Wildman–Crippen MR) is 93.2 cm³/mol. The quantitative estimate of drug-likeness (QED) is 0.654. The molecule has 0 aliphatic carbocycles. The third kappa shape index (κ3) is 9.08. The lowest BCUT2D eigenvalue weighted by molar-refractivity contribution is -0.139. The number of ether oxygens (including phenoxy) is 1. The molecule has 1 aliphatic heterocycles. The van der Waals surface area contributed by atoms with Gasteiger partial charge in [0.15, 0.2) is 0 Å². The van der Waals surface area contributed by atoms with Gasteiger partial charge in [-0.1, -0.05) is 6.42 Å². The van der Waals surface area contributed by atoms with Gasteiger partial charge < -0.3 is 20.1 Å². The Kier molecular flexibility index (Phi) is 8.48. The molecule has 1 fully saturated rings. The molecule has 0 aromatic heterocycles. The zero-order valence-electron chi connectivity index (χ0n) is 15.5. The van der Waals surface area contributed by atoms with E-state index in [1.807, 2.05) is 25.7 Å². The van der Waals surface area contributed by atoms with Crippen molar-refractivity contribution < 1.29 is 19.4 Å². The third-order valence-electron chi connectivity index (χ3n) is 4.01. The maximum Gasteiger partial charge on any atom is 0.407 e. The number of carboxylic acid groups (broad SMARTS) is 1. The molecule has 0 bridgehead atoms. The summed E-state index contributed by atoms with van der Waals surface area (Å²) in [6.07, 6.45) is 2.72. The molecule has 0 spiro atoms. The first kappa shape index (κ1) is 20.7. The summed E-state index contributed by atoms with van der Waals surface area (Å²) in [6, 6.07) is 0.281. The largest absolute Gasteiger partial charge is 0.480 e. The fourth-order valence-electron chi connectivity index (χ4n) is 2.82. The number of nitrogens with one attached hydrogen (secondary N) is 1. The van der Waals surface area contributed by atoms with E-state index in [2.05, 4.69) is 17.1 Å². The SMILES string of the molecule is CC1CN(CCCCCNC(=O)OC(C)(C)C)CCN1CC(=O)O. The highest BCUT2D eigenvalue weighted by molar-refractivity contribution is 5.69. The maximum absolute atomic E-state index is 11.5. The number of aliphatic carboxylic acids is 1. The molecule has 2 N–H and O–H groups in total. The van der Waals surface area contributed by atoms with E-state index in [-0.39, 0.29) is 18.7 Å². The van der Waals surface area contributed by atoms with E-state index < -0.39 is 11.6 Å². The molecule has 1 rings (SSSR count). The highest BCUT2D eigenvalue weighted by atomic mass is 16.6. The van der Waals surface area contributed by atoms with Crippen LogP contribution in [0.3, 0.4) is 0 Å². The first-order valence-electron chi connectivity index (χ1n) is 8.82. The molecule has 7 heteroatoms. The van der Waals surface area contributed by atoms with Crippen LogP contribution in [-0.2, 0) is 9.53 Å². The number of piperazine rings is 1. The Balaban J connectivity index is 2.06. The number of carboxylic acids is 1. The lowest BCUT2D eigenvalue weighted by Crippen LogP contribution is -2.53. The van der Waals surface area contributed by atoms with Gasteiger partial charge in [0, 0.05) is 32.2 Å². The van der Waals surface area contributed by atoms with E-state index >= 15 is 0 Å². The number of nitrogens with zero attached hydrogens (tertiary/aromatic N) is 2. The molecule has 1 aliphatic rings. The van der Waals surface area contributed by atoms with Crippen molar-refractivity contribution in [2.45, 2.75) is 58.6 Å². The Morgan fingerprint density at radius 3 is 2.50 bits per heavy atom. The van der Waals surface area contributed by atoms with Gasteiger partial charge in [-0.05, 0) is 47.1 Å². The summed E-state index contributed by atoms with van der Waals surface area (Å²) in [7, 11) is 0. The first-order chi connectivity index (χ1) is 11.2. The van der Waals surface area contributed by atoms with Crippen molar-refractivity contribution in [3.8, 4) is 0 Å². The number of amides is 1. The van der Waals surface area contributed by atoms with Gasteiger partial charge >= 0.3 is 12.1 Å². The van der Waals surface area contributed by atoms with Crippen LogP contribution < -0.4 is 5.32 Å². The number of hydrogen-bond donors (Lipinski definition) is 2. The van der Waals surface area contributed by atoms with E-state index in [0.29, 0.717) is 6.54 Å². The van der Waals surface area contributed by atoms with Gasteiger partial charge in [0.1, 0.15) is 5.60 Å². The fourth-order valence-corrected chi connectivity index (χ4v) is 2.82. The molecule has 0 radical (unpaired) electrons. The second-order valence-corrected chi connectivity index (χ2v) is 7.50. The van der Waals surface area contributed by atoms with Crippen molar-refractivity contribution in [1.82, 2.24) is 15.1 Å². The van der Waals surface area contributed by atoms with E-state index in [4.69, 9.17) is 9.84 Å². The minimum absolute atomic E-state index is 0.130. The standard InChI is InChI=1S/C17H33N3O4/c1-14-12-19(10-11-20(14)13-15(21)22)9-7-5-6-8-18-16(23)24-17(2,3)4/h14H,5-13H2,1-4H3,(H,18,23)(H,21,22). The van der Waals surface area contributed by atoms with Gasteiger partial charge in [0.25, 0.3) is 0 Å². The minimum Gasteiger partial charge on any atom is -0.480 e. The molecule has 1 saturated heterocycles. The number of hydrogen-bond acceptors (Lipinski definition) is 5. The number of rotatable bonds is 8. The average molecular weight is 343 g/mol. The predicted octanol–water partition coefficient (Wildman–Crippen LogP) is 1.77. The topological polar surface area (TPSA) is 82.1 Å². The van der Waals surface area contributed by atoms with Crippen LogP contribution in [0, 0.1) is 0 Å². The molecule has 24 heavy (non-hydrogen) atoms. The molecule has 0 saturated carbocycles. The summed E-state index contributed by atoms with van der Waals surface area (Å²) >= 11 is 0. The second kappa shape index (κ2) is 9.84. The van der Waals surface area contributed by atoms with E-state index in [9.17, 15) is 9.59 Å². The summed E-state index contributed by atoms with van der Waals surface area (Å²) in [5.41, 5.74) is -0.455. The Labute approximate surface area is 145 Å². The number of unbranched alkanes of at least 4 members (excludes halogenated alkanes) is 2. The van der Waals surface area contributed by atoms with Crippen molar-refractivity contribution in [3.63, 3.8) is 0 Å². The number of carbonyl (C=O) groups is 2. The highest BCUT2D eigenvalue weighted by Crippen LogP contribution is 2.10. The summed E-state index contributed by atoms with van der Waals surface area (Å²) in [5, 5.41) is 11.7. The molecule has 0 aromatic rings. The van der Waals surface area contributed by atoms with Gasteiger partial charge in [-0.25, -0.2) is 4.79 Å². The van der Waals surface area contributed by atoms with Crippen LogP contribution in [0.2, 0.25) is 0 Å². The summed E-state index contributed by atoms with van der Waals surface area (Å²) in [4.78, 5) is 26.7. The molecule has 1 unspecified atom stereocenters. The highest BCUT2D eigenvalue weighted by Gasteiger charge is 2.24. The van der Waals surface area contributed by atoms with Gasteiger partial charge in [-0.15, -0.1) is 0 Å². The van der Waals surface area contributed by atoms with E-state index in [1.165, 1.54) is 0 Å². The van der Waals surface area contributed by atoms with Gasteiger partial charge in [0.2, 0.25) is 0 Å². The molecule has 1 amide bonds. The van der Waals surface area contributed by atoms with E-state index in [0.717, 1.165) is 45.4 Å². The van der Waals surface area contributed by atoms with E-state index in [1.54, 1.807) is 0 Å². The van der Waals surface area contributed by atoms with Crippen molar-refractivity contribution in [3.05, 3.63) is 0 Å².